The molecule has 6 heteroatoms. The lowest BCUT2D eigenvalue weighted by Crippen LogP contribution is -2.40. The standard InChI is InChI=1S/C22H22FN3O2/c1-15-4-2-5-16(12-15)21-20(22(27)24-18-6-3-11-28-14-18)13-26(25-21)19-9-7-17(23)8-10-19/h2,4-5,7-10,12-13,18H,3,6,11,14H2,1H3,(H,24,27). The summed E-state index contributed by atoms with van der Waals surface area (Å²) in [6, 6.07) is 13.9. The molecule has 0 aliphatic carbocycles. The lowest BCUT2D eigenvalue weighted by atomic mass is 10.0. The van der Waals surface area contributed by atoms with Crippen LogP contribution in [0.1, 0.15) is 28.8 Å². The van der Waals surface area contributed by atoms with Gasteiger partial charge in [0.15, 0.2) is 0 Å². The number of carbonyl (C=O) groups excluding carboxylic acids is 1. The molecule has 1 fully saturated rings. The maximum absolute atomic E-state index is 13.3. The fourth-order valence-electron chi connectivity index (χ4n) is 3.39. The molecule has 144 valence electrons. The molecule has 1 N–H and O–H groups in total. The van der Waals surface area contributed by atoms with Crippen LogP contribution in [-0.4, -0.2) is 34.9 Å². The van der Waals surface area contributed by atoms with Crippen molar-refractivity contribution in [2.45, 2.75) is 25.8 Å². The molecule has 2 heterocycles. The van der Waals surface area contributed by atoms with E-state index < -0.39 is 0 Å². The Balaban J connectivity index is 1.72. The Bertz CT molecular complexity index is 976. The molecule has 1 unspecified atom stereocenters. The second-order valence-corrected chi connectivity index (χ2v) is 7.07. The summed E-state index contributed by atoms with van der Waals surface area (Å²) in [7, 11) is 0. The van der Waals surface area contributed by atoms with Gasteiger partial charge < -0.3 is 10.1 Å². The molecule has 4 rings (SSSR count). The number of nitrogens with one attached hydrogen (secondary N) is 1. The molecule has 1 saturated heterocycles. The van der Waals surface area contributed by atoms with Crippen molar-refractivity contribution in [1.82, 2.24) is 15.1 Å². The largest absolute Gasteiger partial charge is 0.379 e. The van der Waals surface area contributed by atoms with Crippen LogP contribution in [0, 0.1) is 12.7 Å². The SMILES string of the molecule is Cc1cccc(-c2nn(-c3ccc(F)cc3)cc2C(=O)NC2CCCOC2)c1. The summed E-state index contributed by atoms with van der Waals surface area (Å²) in [5.74, 6) is -0.495. The van der Waals surface area contributed by atoms with Gasteiger partial charge in [0.05, 0.1) is 23.9 Å². The topological polar surface area (TPSA) is 56.2 Å². The summed E-state index contributed by atoms with van der Waals surface area (Å²) in [5, 5.41) is 7.69. The number of nitrogens with zero attached hydrogens (tertiary/aromatic N) is 2. The maximum Gasteiger partial charge on any atom is 0.255 e. The van der Waals surface area contributed by atoms with Crippen molar-refractivity contribution in [2.75, 3.05) is 13.2 Å². The van der Waals surface area contributed by atoms with E-state index >= 15 is 0 Å². The van der Waals surface area contributed by atoms with Crippen LogP contribution in [0.15, 0.2) is 54.7 Å². The highest BCUT2D eigenvalue weighted by Crippen LogP contribution is 2.25. The van der Waals surface area contributed by atoms with Gasteiger partial charge in [-0.2, -0.15) is 5.10 Å². The van der Waals surface area contributed by atoms with Gasteiger partial charge in [-0.3, -0.25) is 4.79 Å². The number of ether oxygens (including phenoxy) is 1. The summed E-state index contributed by atoms with van der Waals surface area (Å²) in [5.41, 5.74) is 3.73. The number of halogens is 1. The number of hydrogen-bond acceptors (Lipinski definition) is 3. The van der Waals surface area contributed by atoms with E-state index in [-0.39, 0.29) is 17.8 Å². The number of aromatic nitrogens is 2. The molecule has 2 aromatic carbocycles. The van der Waals surface area contributed by atoms with Gasteiger partial charge in [-0.1, -0.05) is 23.8 Å². The number of hydrogen-bond donors (Lipinski definition) is 1. The molecule has 1 aliphatic heterocycles. The summed E-state index contributed by atoms with van der Waals surface area (Å²) in [6.07, 6.45) is 3.53. The summed E-state index contributed by atoms with van der Waals surface area (Å²) >= 11 is 0. The number of benzene rings is 2. The smallest absolute Gasteiger partial charge is 0.255 e. The minimum Gasteiger partial charge on any atom is -0.379 e. The van der Waals surface area contributed by atoms with Crippen LogP contribution in [0.4, 0.5) is 4.39 Å². The van der Waals surface area contributed by atoms with E-state index in [1.165, 1.54) is 12.1 Å². The molecular weight excluding hydrogens is 357 g/mol. The Morgan fingerprint density at radius 3 is 2.79 bits per heavy atom. The van der Waals surface area contributed by atoms with Crippen molar-refractivity contribution in [3.05, 3.63) is 71.7 Å². The predicted molar refractivity (Wildman–Crippen MR) is 105 cm³/mol. The Kier molecular flexibility index (Phi) is 5.21. The molecule has 28 heavy (non-hydrogen) atoms. The zero-order valence-corrected chi connectivity index (χ0v) is 15.7. The van der Waals surface area contributed by atoms with E-state index in [0.29, 0.717) is 23.6 Å². The van der Waals surface area contributed by atoms with Gasteiger partial charge in [-0.25, -0.2) is 9.07 Å². The van der Waals surface area contributed by atoms with Crippen molar-refractivity contribution in [3.8, 4) is 16.9 Å². The van der Waals surface area contributed by atoms with Crippen LogP contribution < -0.4 is 5.32 Å². The van der Waals surface area contributed by atoms with E-state index in [2.05, 4.69) is 10.4 Å². The highest BCUT2D eigenvalue weighted by Gasteiger charge is 2.22. The predicted octanol–water partition coefficient (Wildman–Crippen LogP) is 3.90. The van der Waals surface area contributed by atoms with Crippen LogP contribution in [0.5, 0.6) is 0 Å². The molecule has 1 aliphatic rings. The minimum absolute atomic E-state index is 0.000723. The molecule has 0 radical (unpaired) electrons. The van der Waals surface area contributed by atoms with Gasteiger partial charge in [0, 0.05) is 18.4 Å². The van der Waals surface area contributed by atoms with E-state index in [9.17, 15) is 9.18 Å². The fraction of sp³-hybridized carbons (Fsp3) is 0.273. The number of aryl methyl sites for hydroxylation is 1. The average Bonchev–Trinajstić information content (AvgIpc) is 3.15. The van der Waals surface area contributed by atoms with Gasteiger partial charge in [0.2, 0.25) is 0 Å². The number of rotatable bonds is 4. The van der Waals surface area contributed by atoms with Gasteiger partial charge in [0.1, 0.15) is 11.5 Å². The fourth-order valence-corrected chi connectivity index (χ4v) is 3.39. The molecular formula is C22H22FN3O2. The molecule has 0 spiro atoms. The molecule has 1 amide bonds. The third-order valence-electron chi connectivity index (χ3n) is 4.84. The second-order valence-electron chi connectivity index (χ2n) is 7.07. The van der Waals surface area contributed by atoms with Crippen molar-refractivity contribution >= 4 is 5.91 Å². The van der Waals surface area contributed by atoms with Gasteiger partial charge in [-0.05, 0) is 50.1 Å². The first-order valence-corrected chi connectivity index (χ1v) is 9.41. The molecule has 0 bridgehead atoms. The molecule has 5 nitrogen and oxygen atoms in total. The minimum atomic E-state index is -0.315. The molecule has 3 aromatic rings. The van der Waals surface area contributed by atoms with Crippen LogP contribution in [0.25, 0.3) is 16.9 Å². The summed E-state index contributed by atoms with van der Waals surface area (Å²) < 4.78 is 20.4. The van der Waals surface area contributed by atoms with Crippen LogP contribution in [-0.2, 0) is 4.74 Å². The van der Waals surface area contributed by atoms with E-state index in [1.807, 2.05) is 31.2 Å². The molecule has 1 aromatic heterocycles. The summed E-state index contributed by atoms with van der Waals surface area (Å²) in [4.78, 5) is 13.0. The van der Waals surface area contributed by atoms with Crippen molar-refractivity contribution in [1.29, 1.82) is 0 Å². The lowest BCUT2D eigenvalue weighted by Gasteiger charge is -2.23. The number of amides is 1. The lowest BCUT2D eigenvalue weighted by molar-refractivity contribution is 0.0624. The second kappa shape index (κ2) is 7.94. The van der Waals surface area contributed by atoms with Crippen molar-refractivity contribution in [3.63, 3.8) is 0 Å². The zero-order chi connectivity index (χ0) is 19.5. The summed E-state index contributed by atoms with van der Waals surface area (Å²) in [6.45, 7) is 3.26. The number of carbonyl (C=O) groups is 1. The van der Waals surface area contributed by atoms with E-state index in [0.717, 1.165) is 30.6 Å². The normalized spacial score (nSPS) is 16.7. The monoisotopic (exact) mass is 379 g/mol. The van der Waals surface area contributed by atoms with Gasteiger partial charge in [0.25, 0.3) is 5.91 Å². The van der Waals surface area contributed by atoms with Crippen molar-refractivity contribution in [2.24, 2.45) is 0 Å². The average molecular weight is 379 g/mol. The highest BCUT2D eigenvalue weighted by molar-refractivity contribution is 6.00. The first kappa shape index (κ1) is 18.4. The third-order valence-corrected chi connectivity index (χ3v) is 4.84. The third kappa shape index (κ3) is 3.97. The first-order valence-electron chi connectivity index (χ1n) is 9.41. The van der Waals surface area contributed by atoms with E-state index in [1.54, 1.807) is 23.0 Å². The molecule has 1 atom stereocenters. The van der Waals surface area contributed by atoms with Gasteiger partial charge in [-0.15, -0.1) is 0 Å². The van der Waals surface area contributed by atoms with Crippen LogP contribution in [0.3, 0.4) is 0 Å². The Hall–Kier alpha value is -2.99. The zero-order valence-electron chi connectivity index (χ0n) is 15.7. The Morgan fingerprint density at radius 2 is 2.07 bits per heavy atom. The van der Waals surface area contributed by atoms with Gasteiger partial charge >= 0.3 is 0 Å². The highest BCUT2D eigenvalue weighted by atomic mass is 19.1. The van der Waals surface area contributed by atoms with Crippen molar-refractivity contribution < 1.29 is 13.9 Å². The van der Waals surface area contributed by atoms with E-state index in [4.69, 9.17) is 4.74 Å². The Morgan fingerprint density at radius 1 is 1.25 bits per heavy atom. The maximum atomic E-state index is 13.3. The van der Waals surface area contributed by atoms with Crippen LogP contribution >= 0.6 is 0 Å². The Labute approximate surface area is 163 Å². The quantitative estimate of drug-likeness (QED) is 0.748. The molecule has 0 saturated carbocycles. The first-order chi connectivity index (χ1) is 13.6. The van der Waals surface area contributed by atoms with Crippen LogP contribution in [0.2, 0.25) is 0 Å².